The summed E-state index contributed by atoms with van der Waals surface area (Å²) in [5.74, 6) is -0.271. The molecule has 0 spiro atoms. The number of nitrogens with one attached hydrogen (secondary N) is 1. The minimum atomic E-state index is -0.271. The van der Waals surface area contributed by atoms with Crippen molar-refractivity contribution in [3.63, 3.8) is 0 Å². The molecular formula is C21H21N5OS. The van der Waals surface area contributed by atoms with Crippen LogP contribution in [0, 0.1) is 27.7 Å². The largest absolute Gasteiger partial charge is 0.318 e. The fraction of sp³-hybridized carbons (Fsp3) is 0.190. The maximum absolute atomic E-state index is 12.6. The van der Waals surface area contributed by atoms with Gasteiger partial charge < -0.3 is 4.57 Å². The normalized spacial score (nSPS) is 11.6. The first-order valence-electron chi connectivity index (χ1n) is 8.97. The Hall–Kier alpha value is -3.19. The van der Waals surface area contributed by atoms with Crippen molar-refractivity contribution in [1.82, 2.24) is 19.4 Å². The van der Waals surface area contributed by atoms with E-state index in [9.17, 15) is 4.79 Å². The van der Waals surface area contributed by atoms with Gasteiger partial charge in [-0.15, -0.1) is 11.3 Å². The van der Waals surface area contributed by atoms with Crippen molar-refractivity contribution in [2.75, 3.05) is 0 Å². The molecule has 142 valence electrons. The molecule has 6 nitrogen and oxygen atoms in total. The number of amides is 1. The number of carbonyl (C=O) groups is 1. The Morgan fingerprint density at radius 2 is 1.93 bits per heavy atom. The van der Waals surface area contributed by atoms with E-state index in [4.69, 9.17) is 0 Å². The predicted molar refractivity (Wildman–Crippen MR) is 113 cm³/mol. The topological polar surface area (TPSA) is 63.7 Å². The Morgan fingerprint density at radius 1 is 1.18 bits per heavy atom. The molecule has 1 N–H and O–H groups in total. The van der Waals surface area contributed by atoms with E-state index >= 15 is 0 Å². The summed E-state index contributed by atoms with van der Waals surface area (Å²) >= 11 is 1.50. The second-order valence-electron chi connectivity index (χ2n) is 6.80. The molecule has 0 fully saturated rings. The number of hydrazone groups is 1. The average molecular weight is 392 g/mol. The van der Waals surface area contributed by atoms with Crippen LogP contribution >= 0.6 is 11.3 Å². The van der Waals surface area contributed by atoms with Crippen LogP contribution in [0.25, 0.3) is 10.6 Å². The summed E-state index contributed by atoms with van der Waals surface area (Å²) in [6.07, 6.45) is 3.53. The standard InChI is InChI=1S/C21H21N5OS/c1-13-5-7-18(8-6-13)26-14(2)11-17(16(26)4)12-22-24-20(27)19-15(3)23-21-25(19)9-10-28-21/h5-12H,1-4H3,(H,24,27). The van der Waals surface area contributed by atoms with Crippen LogP contribution in [0.5, 0.6) is 0 Å². The number of aromatic nitrogens is 3. The van der Waals surface area contributed by atoms with Gasteiger partial charge in [0.15, 0.2) is 4.96 Å². The average Bonchev–Trinajstić information content (AvgIpc) is 3.29. The highest BCUT2D eigenvalue weighted by molar-refractivity contribution is 7.15. The Kier molecular flexibility index (Phi) is 4.60. The molecule has 0 saturated heterocycles. The number of fused-ring (bicyclic) bond motifs is 1. The molecule has 7 heteroatoms. The Morgan fingerprint density at radius 3 is 2.68 bits per heavy atom. The fourth-order valence-electron chi connectivity index (χ4n) is 3.39. The molecule has 0 atom stereocenters. The number of carbonyl (C=O) groups excluding carboxylic acids is 1. The van der Waals surface area contributed by atoms with Crippen molar-refractivity contribution < 1.29 is 4.79 Å². The molecule has 3 aromatic heterocycles. The van der Waals surface area contributed by atoms with Gasteiger partial charge in [-0.3, -0.25) is 9.20 Å². The first kappa shape index (κ1) is 18.2. The van der Waals surface area contributed by atoms with Crippen LogP contribution in [0.2, 0.25) is 0 Å². The predicted octanol–water partition coefficient (Wildman–Crippen LogP) is 4.18. The van der Waals surface area contributed by atoms with Crippen LogP contribution in [0.4, 0.5) is 0 Å². The highest BCUT2D eigenvalue weighted by atomic mass is 32.1. The minimum absolute atomic E-state index is 0.271. The van der Waals surface area contributed by atoms with Crippen LogP contribution in [-0.4, -0.2) is 26.1 Å². The lowest BCUT2D eigenvalue weighted by Crippen LogP contribution is -2.20. The van der Waals surface area contributed by atoms with Gasteiger partial charge in [0.2, 0.25) is 0 Å². The molecule has 4 rings (SSSR count). The molecule has 0 saturated carbocycles. The molecule has 0 aliphatic rings. The maximum atomic E-state index is 12.6. The number of hydrogen-bond donors (Lipinski definition) is 1. The van der Waals surface area contributed by atoms with Crippen LogP contribution in [0.1, 0.15) is 38.7 Å². The van der Waals surface area contributed by atoms with Gasteiger partial charge in [0.25, 0.3) is 5.91 Å². The summed E-state index contributed by atoms with van der Waals surface area (Å²) in [6, 6.07) is 10.5. The monoisotopic (exact) mass is 391 g/mol. The van der Waals surface area contributed by atoms with Gasteiger partial charge in [0.1, 0.15) is 5.69 Å². The van der Waals surface area contributed by atoms with Gasteiger partial charge in [-0.05, 0) is 45.9 Å². The van der Waals surface area contributed by atoms with Crippen LogP contribution in [-0.2, 0) is 0 Å². The van der Waals surface area contributed by atoms with E-state index in [1.54, 1.807) is 10.6 Å². The third-order valence-electron chi connectivity index (χ3n) is 4.78. The van der Waals surface area contributed by atoms with Gasteiger partial charge in [-0.1, -0.05) is 17.7 Å². The first-order valence-corrected chi connectivity index (χ1v) is 9.85. The third-order valence-corrected chi connectivity index (χ3v) is 5.54. The molecule has 0 unspecified atom stereocenters. The van der Waals surface area contributed by atoms with E-state index in [1.165, 1.54) is 16.9 Å². The van der Waals surface area contributed by atoms with Crippen molar-refractivity contribution in [2.24, 2.45) is 5.10 Å². The quantitative estimate of drug-likeness (QED) is 0.419. The molecule has 0 aliphatic heterocycles. The molecule has 0 radical (unpaired) electrons. The fourth-order valence-corrected chi connectivity index (χ4v) is 4.15. The van der Waals surface area contributed by atoms with Gasteiger partial charge in [0.05, 0.1) is 11.9 Å². The second-order valence-corrected chi connectivity index (χ2v) is 7.67. The van der Waals surface area contributed by atoms with E-state index in [2.05, 4.69) is 64.3 Å². The summed E-state index contributed by atoms with van der Waals surface area (Å²) in [7, 11) is 0. The number of nitrogens with zero attached hydrogens (tertiary/aromatic N) is 4. The lowest BCUT2D eigenvalue weighted by atomic mass is 10.2. The van der Waals surface area contributed by atoms with E-state index in [1.807, 2.05) is 25.4 Å². The zero-order chi connectivity index (χ0) is 19.8. The summed E-state index contributed by atoms with van der Waals surface area (Å²) in [6.45, 7) is 8.01. The number of thiazole rings is 1. The molecule has 28 heavy (non-hydrogen) atoms. The maximum Gasteiger partial charge on any atom is 0.290 e. The third kappa shape index (κ3) is 3.14. The van der Waals surface area contributed by atoms with Crippen molar-refractivity contribution >= 4 is 28.4 Å². The van der Waals surface area contributed by atoms with E-state index in [0.29, 0.717) is 11.4 Å². The van der Waals surface area contributed by atoms with Crippen molar-refractivity contribution in [3.05, 3.63) is 75.8 Å². The number of rotatable bonds is 4. The van der Waals surface area contributed by atoms with E-state index in [0.717, 1.165) is 27.6 Å². The SMILES string of the molecule is Cc1ccc(-n2c(C)cc(C=NNC(=O)c3c(C)nc4sccn34)c2C)cc1. The minimum Gasteiger partial charge on any atom is -0.318 e. The van der Waals surface area contributed by atoms with Crippen molar-refractivity contribution in [1.29, 1.82) is 0 Å². The number of aryl methyl sites for hydroxylation is 3. The number of imidazole rings is 1. The van der Waals surface area contributed by atoms with Crippen LogP contribution in [0.3, 0.4) is 0 Å². The molecule has 1 amide bonds. The Labute approximate surface area is 167 Å². The van der Waals surface area contributed by atoms with Gasteiger partial charge >= 0.3 is 0 Å². The molecule has 0 aliphatic carbocycles. The molecule has 1 aromatic carbocycles. The highest BCUT2D eigenvalue weighted by Crippen LogP contribution is 2.20. The molecule has 3 heterocycles. The number of benzene rings is 1. The van der Waals surface area contributed by atoms with Gasteiger partial charge in [-0.2, -0.15) is 5.10 Å². The lowest BCUT2D eigenvalue weighted by molar-refractivity contribution is 0.0948. The molecule has 4 aromatic rings. The lowest BCUT2D eigenvalue weighted by Gasteiger charge is -2.09. The van der Waals surface area contributed by atoms with Crippen LogP contribution in [0.15, 0.2) is 47.0 Å². The van der Waals surface area contributed by atoms with E-state index in [-0.39, 0.29) is 5.91 Å². The summed E-state index contributed by atoms with van der Waals surface area (Å²) < 4.78 is 3.97. The van der Waals surface area contributed by atoms with Crippen LogP contribution < -0.4 is 5.43 Å². The second kappa shape index (κ2) is 7.09. The summed E-state index contributed by atoms with van der Waals surface area (Å²) in [4.78, 5) is 17.7. The summed E-state index contributed by atoms with van der Waals surface area (Å²) in [5.41, 5.74) is 9.31. The van der Waals surface area contributed by atoms with Crippen molar-refractivity contribution in [3.8, 4) is 5.69 Å². The Bertz CT molecular complexity index is 1190. The number of hydrogen-bond acceptors (Lipinski definition) is 4. The molecular weight excluding hydrogens is 370 g/mol. The van der Waals surface area contributed by atoms with Gasteiger partial charge in [0, 0.05) is 34.2 Å². The highest BCUT2D eigenvalue weighted by Gasteiger charge is 2.16. The Balaban J connectivity index is 1.56. The van der Waals surface area contributed by atoms with E-state index < -0.39 is 0 Å². The zero-order valence-electron chi connectivity index (χ0n) is 16.2. The van der Waals surface area contributed by atoms with Gasteiger partial charge in [-0.25, -0.2) is 10.4 Å². The smallest absolute Gasteiger partial charge is 0.290 e. The first-order chi connectivity index (χ1) is 13.5. The summed E-state index contributed by atoms with van der Waals surface area (Å²) in [5, 5.41) is 6.08. The molecule has 0 bridgehead atoms. The zero-order valence-corrected chi connectivity index (χ0v) is 17.0. The van der Waals surface area contributed by atoms with Crippen molar-refractivity contribution in [2.45, 2.75) is 27.7 Å².